The van der Waals surface area contributed by atoms with Gasteiger partial charge in [-0.1, -0.05) is 252 Å². The molecular formula is C75H110O6. The zero-order chi connectivity index (χ0) is 58.5. The van der Waals surface area contributed by atoms with Crippen molar-refractivity contribution in [1.82, 2.24) is 0 Å². The minimum absolute atomic E-state index is 0.146. The van der Waals surface area contributed by atoms with Crippen LogP contribution in [0.5, 0.6) is 0 Å². The maximum atomic E-state index is 12.9. The smallest absolute Gasteiger partial charge is 0.306 e. The molecule has 0 radical (unpaired) electrons. The van der Waals surface area contributed by atoms with Crippen LogP contribution >= 0.6 is 0 Å². The molecule has 6 nitrogen and oxygen atoms in total. The molecule has 1 atom stereocenters. The molecule has 0 aliphatic heterocycles. The van der Waals surface area contributed by atoms with Crippen LogP contribution < -0.4 is 0 Å². The summed E-state index contributed by atoms with van der Waals surface area (Å²) in [5.74, 6) is -1.10. The van der Waals surface area contributed by atoms with Gasteiger partial charge < -0.3 is 14.2 Å². The normalized spacial score (nSPS) is 13.7. The van der Waals surface area contributed by atoms with Crippen molar-refractivity contribution in [2.24, 2.45) is 0 Å². The molecule has 0 heterocycles. The molecule has 0 saturated heterocycles. The van der Waals surface area contributed by atoms with Gasteiger partial charge in [0.1, 0.15) is 13.2 Å². The summed E-state index contributed by atoms with van der Waals surface area (Å²) in [5.41, 5.74) is 0. The highest BCUT2D eigenvalue weighted by Gasteiger charge is 2.19. The number of rotatable bonds is 53. The van der Waals surface area contributed by atoms with Gasteiger partial charge in [-0.2, -0.15) is 0 Å². The third-order valence-corrected chi connectivity index (χ3v) is 12.0. The van der Waals surface area contributed by atoms with Crippen LogP contribution in [0.4, 0.5) is 0 Å². The average molecular weight is 1110 g/mol. The number of hydrogen-bond acceptors (Lipinski definition) is 6. The van der Waals surface area contributed by atoms with E-state index in [4.69, 9.17) is 14.2 Å². The Morgan fingerprint density at radius 2 is 0.457 bits per heavy atom. The number of allylic oxidation sites excluding steroid dienone is 36. The van der Waals surface area contributed by atoms with Crippen LogP contribution in [0.3, 0.4) is 0 Å². The predicted molar refractivity (Wildman–Crippen MR) is 352 cm³/mol. The minimum Gasteiger partial charge on any atom is -0.462 e. The van der Waals surface area contributed by atoms with E-state index in [1.807, 2.05) is 0 Å². The number of hydrogen-bond donors (Lipinski definition) is 0. The molecule has 0 saturated carbocycles. The maximum Gasteiger partial charge on any atom is 0.306 e. The molecule has 0 aromatic rings. The second-order valence-corrected chi connectivity index (χ2v) is 19.5. The highest BCUT2D eigenvalue weighted by Crippen LogP contribution is 2.11. The van der Waals surface area contributed by atoms with Gasteiger partial charge in [0.2, 0.25) is 0 Å². The van der Waals surface area contributed by atoms with E-state index in [1.54, 1.807) is 0 Å². The summed E-state index contributed by atoms with van der Waals surface area (Å²) in [5, 5.41) is 0. The summed E-state index contributed by atoms with van der Waals surface area (Å²) in [6.07, 6.45) is 104. The largest absolute Gasteiger partial charge is 0.462 e. The molecule has 0 spiro atoms. The molecule has 0 fully saturated rings. The third kappa shape index (κ3) is 64.4. The van der Waals surface area contributed by atoms with Crippen molar-refractivity contribution in [3.05, 3.63) is 219 Å². The summed E-state index contributed by atoms with van der Waals surface area (Å²) < 4.78 is 16.8. The maximum absolute atomic E-state index is 12.9. The number of unbranched alkanes of at least 4 members (excludes halogenated alkanes) is 6. The summed E-state index contributed by atoms with van der Waals surface area (Å²) in [6, 6.07) is 0. The quantitative estimate of drug-likeness (QED) is 0.0261. The molecule has 446 valence electrons. The first kappa shape index (κ1) is 74.7. The monoisotopic (exact) mass is 1110 g/mol. The molecule has 0 rings (SSSR count). The Morgan fingerprint density at radius 1 is 0.247 bits per heavy atom. The first-order valence-corrected chi connectivity index (χ1v) is 31.2. The lowest BCUT2D eigenvalue weighted by Crippen LogP contribution is -2.30. The predicted octanol–water partition coefficient (Wildman–Crippen LogP) is 21.8. The first-order chi connectivity index (χ1) is 40.0. The molecule has 1 unspecified atom stereocenters. The van der Waals surface area contributed by atoms with Gasteiger partial charge in [0.25, 0.3) is 0 Å². The van der Waals surface area contributed by atoms with Crippen LogP contribution in [0.1, 0.15) is 213 Å². The lowest BCUT2D eigenvalue weighted by Gasteiger charge is -2.18. The van der Waals surface area contributed by atoms with Crippen LogP contribution in [-0.4, -0.2) is 37.2 Å². The fraction of sp³-hybridized carbons (Fsp3) is 0.480. The highest BCUT2D eigenvalue weighted by molar-refractivity contribution is 5.71. The van der Waals surface area contributed by atoms with Crippen molar-refractivity contribution in [1.29, 1.82) is 0 Å². The number of carbonyl (C=O) groups is 3. The van der Waals surface area contributed by atoms with Gasteiger partial charge in [-0.3, -0.25) is 14.4 Å². The number of esters is 3. The van der Waals surface area contributed by atoms with E-state index in [9.17, 15) is 14.4 Å². The Kier molecular flexibility index (Phi) is 61.1. The van der Waals surface area contributed by atoms with E-state index in [-0.39, 0.29) is 38.0 Å². The SMILES string of the molecule is CC/C=C\C/C=C\C/C=C\C/C=C\C/C=C\C/C=C\C/C=C\C/C=C\CCCCCCC(=O)OCC(COC(=O)CCC/C=C\C/C=C\C/C=C\C/C=C\C/C=C\CC)OC(=O)CCC/C=C\C/C=C\C/C=C\C/C=C\C/C=C\CC. The van der Waals surface area contributed by atoms with Crippen LogP contribution in [-0.2, 0) is 28.6 Å². The average Bonchev–Trinajstić information content (AvgIpc) is 3.47. The van der Waals surface area contributed by atoms with Crippen molar-refractivity contribution in [3.8, 4) is 0 Å². The van der Waals surface area contributed by atoms with E-state index >= 15 is 0 Å². The van der Waals surface area contributed by atoms with Gasteiger partial charge in [-0.25, -0.2) is 0 Å². The van der Waals surface area contributed by atoms with Gasteiger partial charge >= 0.3 is 17.9 Å². The van der Waals surface area contributed by atoms with E-state index in [0.29, 0.717) is 19.3 Å². The lowest BCUT2D eigenvalue weighted by atomic mass is 10.1. The fourth-order valence-electron chi connectivity index (χ4n) is 7.41. The Labute approximate surface area is 495 Å². The number of ether oxygens (including phenoxy) is 3. The second kappa shape index (κ2) is 66.2. The van der Waals surface area contributed by atoms with Crippen LogP contribution in [0, 0.1) is 0 Å². The van der Waals surface area contributed by atoms with Gasteiger partial charge in [0.15, 0.2) is 6.10 Å². The Balaban J connectivity index is 4.59. The van der Waals surface area contributed by atoms with E-state index in [2.05, 4.69) is 240 Å². The molecule has 0 N–H and O–H groups in total. The van der Waals surface area contributed by atoms with Gasteiger partial charge in [0.05, 0.1) is 0 Å². The van der Waals surface area contributed by atoms with Crippen molar-refractivity contribution in [2.45, 2.75) is 219 Å². The first-order valence-electron chi connectivity index (χ1n) is 31.2. The van der Waals surface area contributed by atoms with Crippen molar-refractivity contribution >= 4 is 17.9 Å². The number of carbonyl (C=O) groups excluding carboxylic acids is 3. The van der Waals surface area contributed by atoms with E-state index < -0.39 is 12.1 Å². The molecule has 0 amide bonds. The summed E-state index contributed by atoms with van der Waals surface area (Å²) in [6.45, 7) is 6.15. The topological polar surface area (TPSA) is 78.9 Å². The van der Waals surface area contributed by atoms with Crippen LogP contribution in [0.25, 0.3) is 0 Å². The highest BCUT2D eigenvalue weighted by atomic mass is 16.6. The standard InChI is InChI=1S/C75H110O6/c1-4-7-10-13-16-19-22-25-28-31-32-33-34-35-36-37-38-39-40-41-42-45-47-50-53-56-59-62-65-68-74(77)80-71-72(81-75(78)69-66-63-60-57-54-51-48-44-30-27-24-21-18-15-12-9-6-3)70-79-73(76)67-64-61-58-55-52-49-46-43-29-26-23-20-17-14-11-8-5-2/h7-12,16-21,25-30,32-33,35-36,38-39,41-42,46-51,55,57-58,60,72H,4-6,13-15,22-24,31,34,37,40,43-45,52-54,56,59,61-71H2,1-3H3/b10-7-,11-8-,12-9-,19-16-,20-17-,21-18-,28-25-,29-26-,30-27-,33-32-,36-35-,39-38-,42-41-,49-46-,50-47-,51-48-,58-55-,60-57-. The van der Waals surface area contributed by atoms with Gasteiger partial charge in [0, 0.05) is 19.3 Å². The third-order valence-electron chi connectivity index (χ3n) is 12.0. The Morgan fingerprint density at radius 3 is 0.728 bits per heavy atom. The summed E-state index contributed by atoms with van der Waals surface area (Å²) in [4.78, 5) is 38.3. The molecule has 0 aromatic carbocycles. The summed E-state index contributed by atoms with van der Waals surface area (Å²) in [7, 11) is 0. The van der Waals surface area contributed by atoms with Crippen molar-refractivity contribution in [3.63, 3.8) is 0 Å². The zero-order valence-corrected chi connectivity index (χ0v) is 50.9. The van der Waals surface area contributed by atoms with Gasteiger partial charge in [-0.15, -0.1) is 0 Å². The Bertz CT molecular complexity index is 2050. The molecule has 0 aliphatic rings. The molecular weight excluding hydrogens is 997 g/mol. The zero-order valence-electron chi connectivity index (χ0n) is 50.9. The van der Waals surface area contributed by atoms with E-state index in [0.717, 1.165) is 161 Å². The van der Waals surface area contributed by atoms with Gasteiger partial charge in [-0.05, 0) is 161 Å². The molecule has 6 heteroatoms. The molecule has 0 bridgehead atoms. The molecule has 0 aliphatic carbocycles. The van der Waals surface area contributed by atoms with Crippen LogP contribution in [0.2, 0.25) is 0 Å². The lowest BCUT2D eigenvalue weighted by molar-refractivity contribution is -0.167. The van der Waals surface area contributed by atoms with Crippen molar-refractivity contribution < 1.29 is 28.6 Å². The second-order valence-electron chi connectivity index (χ2n) is 19.5. The molecule has 81 heavy (non-hydrogen) atoms. The summed E-state index contributed by atoms with van der Waals surface area (Å²) >= 11 is 0. The van der Waals surface area contributed by atoms with E-state index in [1.165, 1.54) is 0 Å². The van der Waals surface area contributed by atoms with Crippen molar-refractivity contribution in [2.75, 3.05) is 13.2 Å². The Hall–Kier alpha value is -6.27. The fourth-order valence-corrected chi connectivity index (χ4v) is 7.41. The molecule has 0 aromatic heterocycles. The van der Waals surface area contributed by atoms with Crippen LogP contribution in [0.15, 0.2) is 219 Å². The minimum atomic E-state index is -0.858.